The molecule has 1 fully saturated rings. The molecule has 1 heterocycles. The summed E-state index contributed by atoms with van der Waals surface area (Å²) in [6.07, 6.45) is -4.12. The van der Waals surface area contributed by atoms with Crippen LogP contribution >= 0.6 is 11.8 Å². The summed E-state index contributed by atoms with van der Waals surface area (Å²) in [4.78, 5) is 23.1. The molecule has 1 aromatic rings. The molecular formula is C14H14F3NO4S. The van der Waals surface area contributed by atoms with E-state index in [1.165, 1.54) is 11.8 Å². The fourth-order valence-corrected chi connectivity index (χ4v) is 3.40. The van der Waals surface area contributed by atoms with Crippen molar-refractivity contribution in [3.63, 3.8) is 0 Å². The zero-order valence-corrected chi connectivity index (χ0v) is 12.7. The van der Waals surface area contributed by atoms with Crippen molar-refractivity contribution in [3.05, 3.63) is 29.8 Å². The zero-order chi connectivity index (χ0) is 17.1. The van der Waals surface area contributed by atoms with Crippen molar-refractivity contribution in [1.29, 1.82) is 0 Å². The van der Waals surface area contributed by atoms with Gasteiger partial charge in [-0.05, 0) is 36.4 Å². The minimum absolute atomic E-state index is 0.0957. The van der Waals surface area contributed by atoms with Crippen molar-refractivity contribution < 1.29 is 32.6 Å². The number of halogens is 3. The number of carbonyl (C=O) groups is 2. The first kappa shape index (κ1) is 17.5. The maximum atomic E-state index is 12.4. The van der Waals surface area contributed by atoms with Crippen molar-refractivity contribution >= 4 is 23.6 Å². The van der Waals surface area contributed by atoms with Crippen molar-refractivity contribution in [2.45, 2.75) is 18.1 Å². The first-order chi connectivity index (χ1) is 10.7. The number of carbonyl (C=O) groups excluding carboxylic acids is 1. The normalized spacial score (nSPS) is 21.0. The van der Waals surface area contributed by atoms with Gasteiger partial charge in [0.15, 0.2) is 6.61 Å². The molecule has 1 aliphatic rings. The fraction of sp³-hybridized carbons (Fsp3) is 0.429. The first-order valence-electron chi connectivity index (χ1n) is 6.65. The molecule has 1 unspecified atom stereocenters. The van der Waals surface area contributed by atoms with E-state index in [0.717, 1.165) is 24.3 Å². The molecule has 5 nitrogen and oxygen atoms in total. The quantitative estimate of drug-likeness (QED) is 0.852. The van der Waals surface area contributed by atoms with Gasteiger partial charge in [-0.2, -0.15) is 24.9 Å². The van der Waals surface area contributed by atoms with Crippen LogP contribution in [0, 0.1) is 0 Å². The summed E-state index contributed by atoms with van der Waals surface area (Å²) in [5, 5.41) is 11.7. The van der Waals surface area contributed by atoms with Crippen LogP contribution in [0.5, 0.6) is 5.75 Å². The molecule has 126 valence electrons. The van der Waals surface area contributed by atoms with E-state index in [-0.39, 0.29) is 11.5 Å². The third kappa shape index (κ3) is 4.31. The summed E-state index contributed by atoms with van der Waals surface area (Å²) in [6.45, 7) is -0.467. The molecule has 1 saturated heterocycles. The molecule has 0 spiro atoms. The molecule has 1 atom stereocenters. The number of benzene rings is 1. The molecule has 0 bridgehead atoms. The van der Waals surface area contributed by atoms with Crippen LogP contribution in [0.2, 0.25) is 0 Å². The highest BCUT2D eigenvalue weighted by molar-refractivity contribution is 7.99. The van der Waals surface area contributed by atoms with Crippen LogP contribution in [0.25, 0.3) is 0 Å². The van der Waals surface area contributed by atoms with Gasteiger partial charge in [0.2, 0.25) is 0 Å². The number of rotatable bonds is 5. The van der Waals surface area contributed by atoms with Crippen molar-refractivity contribution in [3.8, 4) is 5.75 Å². The molecule has 0 aliphatic carbocycles. The topological polar surface area (TPSA) is 75.6 Å². The number of aliphatic carboxylic acids is 1. The predicted molar refractivity (Wildman–Crippen MR) is 77.4 cm³/mol. The van der Waals surface area contributed by atoms with Gasteiger partial charge < -0.3 is 15.2 Å². The van der Waals surface area contributed by atoms with Crippen LogP contribution in [0.3, 0.4) is 0 Å². The van der Waals surface area contributed by atoms with Crippen LogP contribution in [0.4, 0.5) is 13.2 Å². The largest absolute Gasteiger partial charge is 0.484 e. The van der Waals surface area contributed by atoms with Gasteiger partial charge in [0.1, 0.15) is 11.3 Å². The molecule has 0 radical (unpaired) electrons. The van der Waals surface area contributed by atoms with E-state index in [9.17, 15) is 27.9 Å². The molecule has 1 amide bonds. The van der Waals surface area contributed by atoms with E-state index < -0.39 is 35.8 Å². The van der Waals surface area contributed by atoms with Gasteiger partial charge in [0, 0.05) is 5.75 Å². The number of amides is 1. The van der Waals surface area contributed by atoms with E-state index in [4.69, 9.17) is 4.74 Å². The predicted octanol–water partition coefficient (Wildman–Crippen LogP) is 2.16. The van der Waals surface area contributed by atoms with E-state index >= 15 is 0 Å². The van der Waals surface area contributed by atoms with Crippen molar-refractivity contribution in [2.24, 2.45) is 0 Å². The lowest BCUT2D eigenvalue weighted by Gasteiger charge is -2.24. The lowest BCUT2D eigenvalue weighted by molar-refractivity contribution is -0.146. The van der Waals surface area contributed by atoms with E-state index in [1.54, 1.807) is 0 Å². The van der Waals surface area contributed by atoms with Crippen LogP contribution in [-0.4, -0.2) is 40.6 Å². The fourth-order valence-electron chi connectivity index (χ4n) is 2.08. The molecule has 0 saturated carbocycles. The molecule has 2 rings (SSSR count). The molecule has 1 aromatic carbocycles. The van der Waals surface area contributed by atoms with Gasteiger partial charge in [-0.1, -0.05) is 0 Å². The average Bonchev–Trinajstić information content (AvgIpc) is 2.94. The number of carboxylic acids is 1. The van der Waals surface area contributed by atoms with Crippen LogP contribution in [0.1, 0.15) is 12.0 Å². The van der Waals surface area contributed by atoms with Gasteiger partial charge in [-0.15, -0.1) is 0 Å². The van der Waals surface area contributed by atoms with Crippen LogP contribution < -0.4 is 10.1 Å². The average molecular weight is 349 g/mol. The summed E-state index contributed by atoms with van der Waals surface area (Å²) >= 11 is 1.43. The van der Waals surface area contributed by atoms with Gasteiger partial charge in [-0.25, -0.2) is 4.79 Å². The Bertz CT molecular complexity index is 583. The monoisotopic (exact) mass is 349 g/mol. The zero-order valence-electron chi connectivity index (χ0n) is 11.9. The Morgan fingerprint density at radius 2 is 1.96 bits per heavy atom. The van der Waals surface area contributed by atoms with Crippen molar-refractivity contribution in [2.75, 3.05) is 18.1 Å². The highest BCUT2D eigenvalue weighted by Crippen LogP contribution is 2.30. The Hall–Kier alpha value is -1.90. The van der Waals surface area contributed by atoms with Crippen molar-refractivity contribution in [1.82, 2.24) is 5.32 Å². The third-order valence-corrected chi connectivity index (χ3v) is 4.55. The number of nitrogens with one attached hydrogen (secondary N) is 1. The molecule has 2 N–H and O–H groups in total. The number of alkyl halides is 3. The Morgan fingerprint density at radius 1 is 1.30 bits per heavy atom. The van der Waals surface area contributed by atoms with Crippen LogP contribution in [0.15, 0.2) is 24.3 Å². The lowest BCUT2D eigenvalue weighted by atomic mass is 9.99. The summed E-state index contributed by atoms with van der Waals surface area (Å²) in [5.74, 6) is -0.737. The maximum Gasteiger partial charge on any atom is 0.416 e. The second-order valence-electron chi connectivity index (χ2n) is 5.05. The highest BCUT2D eigenvalue weighted by atomic mass is 32.2. The number of hydrogen-bond acceptors (Lipinski definition) is 4. The second-order valence-corrected chi connectivity index (χ2v) is 6.15. The van der Waals surface area contributed by atoms with Gasteiger partial charge in [0.25, 0.3) is 5.91 Å². The number of carboxylic acid groups (broad SMARTS) is 1. The summed E-state index contributed by atoms with van der Waals surface area (Å²) in [6, 6.07) is 3.90. The number of thioether (sulfide) groups is 1. The van der Waals surface area contributed by atoms with E-state index in [2.05, 4.69) is 5.32 Å². The van der Waals surface area contributed by atoms with Gasteiger partial charge in [0.05, 0.1) is 5.56 Å². The molecular weight excluding hydrogens is 335 g/mol. The van der Waals surface area contributed by atoms with E-state index in [0.29, 0.717) is 12.2 Å². The first-order valence-corrected chi connectivity index (χ1v) is 7.81. The third-order valence-electron chi connectivity index (χ3n) is 3.36. The molecule has 9 heteroatoms. The highest BCUT2D eigenvalue weighted by Gasteiger charge is 2.43. The minimum Gasteiger partial charge on any atom is -0.484 e. The van der Waals surface area contributed by atoms with E-state index in [1.807, 2.05) is 0 Å². The minimum atomic E-state index is -4.44. The van der Waals surface area contributed by atoms with Gasteiger partial charge in [-0.3, -0.25) is 4.79 Å². The molecule has 23 heavy (non-hydrogen) atoms. The SMILES string of the molecule is O=C(COc1ccc(C(F)(F)F)cc1)NC1(C(=O)O)CCSC1. The molecule has 0 aromatic heterocycles. The maximum absolute atomic E-state index is 12.4. The van der Waals surface area contributed by atoms with Crippen LogP contribution in [-0.2, 0) is 15.8 Å². The Labute approximate surface area is 134 Å². The Morgan fingerprint density at radius 3 is 2.43 bits per heavy atom. The Kier molecular flexibility index (Phi) is 5.08. The Balaban J connectivity index is 1.90. The number of ether oxygens (including phenoxy) is 1. The summed E-state index contributed by atoms with van der Waals surface area (Å²) in [7, 11) is 0. The molecule has 1 aliphatic heterocycles. The standard InChI is InChI=1S/C14H14F3NO4S/c15-14(16,17)9-1-3-10(4-2-9)22-7-11(19)18-13(12(20)21)5-6-23-8-13/h1-4H,5-8H2,(H,18,19)(H,20,21). The van der Waals surface area contributed by atoms with Gasteiger partial charge >= 0.3 is 12.1 Å². The lowest BCUT2D eigenvalue weighted by Crippen LogP contribution is -2.55. The smallest absolute Gasteiger partial charge is 0.416 e. The summed E-state index contributed by atoms with van der Waals surface area (Å²) < 4.78 is 42.3. The second kappa shape index (κ2) is 6.69. The number of hydrogen-bond donors (Lipinski definition) is 2. The summed E-state index contributed by atoms with van der Waals surface area (Å²) in [5.41, 5.74) is -2.12.